The molecule has 0 unspecified atom stereocenters. The average Bonchev–Trinajstić information content (AvgIpc) is 2.75. The van der Waals surface area contributed by atoms with Crippen LogP contribution in [0.3, 0.4) is 0 Å². The second-order valence-corrected chi connectivity index (χ2v) is 6.06. The molecule has 0 saturated heterocycles. The van der Waals surface area contributed by atoms with Crippen molar-refractivity contribution in [3.8, 4) is 11.3 Å². The topological polar surface area (TPSA) is 43.1 Å². The van der Waals surface area contributed by atoms with Crippen molar-refractivity contribution in [2.45, 2.75) is 0 Å². The van der Waals surface area contributed by atoms with Crippen LogP contribution in [0.25, 0.3) is 33.1 Å². The first-order chi connectivity index (χ1) is 13.3. The summed E-state index contributed by atoms with van der Waals surface area (Å²) < 4.78 is 5.73. The van der Waals surface area contributed by atoms with E-state index in [1.54, 1.807) is 6.07 Å². The van der Waals surface area contributed by atoms with Crippen LogP contribution in [0.1, 0.15) is 0 Å². The average molecular weight is 351 g/mol. The fourth-order valence-corrected chi connectivity index (χ4v) is 2.88. The number of fused-ring (bicyclic) bond motifs is 2. The molecule has 0 aliphatic carbocycles. The summed E-state index contributed by atoms with van der Waals surface area (Å²) >= 11 is 0. The molecule has 0 radical (unpaired) electrons. The highest BCUT2D eigenvalue weighted by molar-refractivity contribution is 5.81. The largest absolute Gasteiger partial charge is 0.456 e. The molecule has 3 nitrogen and oxygen atoms in total. The first-order valence-corrected chi connectivity index (χ1v) is 8.68. The quantitative estimate of drug-likeness (QED) is 0.389. The number of pyridine rings is 1. The summed E-state index contributed by atoms with van der Waals surface area (Å²) in [5.41, 5.74) is 1.53. The van der Waals surface area contributed by atoms with E-state index in [1.165, 1.54) is 16.8 Å². The Balaban J connectivity index is 0.000000153. The molecule has 0 aliphatic rings. The normalized spacial score (nSPS) is 10.4. The first-order valence-electron chi connectivity index (χ1n) is 8.68. The molecule has 2 aromatic heterocycles. The summed E-state index contributed by atoms with van der Waals surface area (Å²) in [4.78, 5) is 15.9. The number of nitrogens with zero attached hydrogens (tertiary/aromatic N) is 1. The van der Waals surface area contributed by atoms with E-state index in [0.717, 1.165) is 5.56 Å². The predicted octanol–water partition coefficient (Wildman–Crippen LogP) is 5.69. The molecule has 0 aliphatic heterocycles. The lowest BCUT2D eigenvalue weighted by Crippen LogP contribution is -1.99. The van der Waals surface area contributed by atoms with Gasteiger partial charge in [0, 0.05) is 24.0 Å². The minimum absolute atomic E-state index is 0.00861. The molecule has 0 atom stereocenters. The van der Waals surface area contributed by atoms with Gasteiger partial charge in [0.15, 0.2) is 5.43 Å². The Morgan fingerprint density at radius 3 is 2.22 bits per heavy atom. The van der Waals surface area contributed by atoms with Gasteiger partial charge in [-0.1, -0.05) is 66.7 Å². The van der Waals surface area contributed by atoms with Crippen LogP contribution in [0.4, 0.5) is 0 Å². The molecule has 5 aromatic rings. The zero-order valence-electron chi connectivity index (χ0n) is 14.6. The second kappa shape index (κ2) is 7.67. The second-order valence-electron chi connectivity index (χ2n) is 6.06. The van der Waals surface area contributed by atoms with Gasteiger partial charge in [0.25, 0.3) is 0 Å². The zero-order chi connectivity index (χ0) is 18.5. The Hall–Kier alpha value is -3.72. The zero-order valence-corrected chi connectivity index (χ0v) is 14.6. The van der Waals surface area contributed by atoms with E-state index >= 15 is 0 Å². The first kappa shape index (κ1) is 16.7. The fraction of sp³-hybridized carbons (Fsp3) is 0. The highest BCUT2D eigenvalue weighted by Gasteiger charge is 2.05. The SMILES string of the molecule is O=c1cc(-c2ccccc2)oc2ccccc12.c1ccc2cnccc2c1. The minimum Gasteiger partial charge on any atom is -0.456 e. The minimum atomic E-state index is -0.00861. The van der Waals surface area contributed by atoms with Crippen molar-refractivity contribution in [3.05, 3.63) is 114 Å². The Morgan fingerprint density at radius 2 is 1.41 bits per heavy atom. The van der Waals surface area contributed by atoms with E-state index in [-0.39, 0.29) is 5.43 Å². The Morgan fingerprint density at radius 1 is 0.704 bits per heavy atom. The van der Waals surface area contributed by atoms with Crippen molar-refractivity contribution in [2.24, 2.45) is 0 Å². The molecule has 130 valence electrons. The molecule has 27 heavy (non-hydrogen) atoms. The van der Waals surface area contributed by atoms with Crippen LogP contribution in [-0.2, 0) is 0 Å². The van der Waals surface area contributed by atoms with Crippen LogP contribution in [0.5, 0.6) is 0 Å². The van der Waals surface area contributed by atoms with E-state index < -0.39 is 0 Å². The molecule has 3 heteroatoms. The number of hydrogen-bond acceptors (Lipinski definition) is 3. The Kier molecular flexibility index (Phi) is 4.75. The summed E-state index contributed by atoms with van der Waals surface area (Å²) in [6.45, 7) is 0. The van der Waals surface area contributed by atoms with E-state index in [1.807, 2.05) is 79.1 Å². The van der Waals surface area contributed by atoms with Crippen LogP contribution in [0.15, 0.2) is 113 Å². The third-order valence-corrected chi connectivity index (χ3v) is 4.24. The number of hydrogen-bond donors (Lipinski definition) is 0. The maximum atomic E-state index is 11.9. The molecule has 0 amide bonds. The van der Waals surface area contributed by atoms with Crippen LogP contribution >= 0.6 is 0 Å². The molecule has 0 spiro atoms. The fourth-order valence-electron chi connectivity index (χ4n) is 2.88. The highest BCUT2D eigenvalue weighted by atomic mass is 16.3. The lowest BCUT2D eigenvalue weighted by atomic mass is 10.1. The van der Waals surface area contributed by atoms with Crippen molar-refractivity contribution in [2.75, 3.05) is 0 Å². The van der Waals surface area contributed by atoms with Crippen molar-refractivity contribution in [1.82, 2.24) is 4.98 Å². The van der Waals surface area contributed by atoms with Gasteiger partial charge in [-0.05, 0) is 29.0 Å². The maximum Gasteiger partial charge on any atom is 0.193 e. The van der Waals surface area contributed by atoms with E-state index in [4.69, 9.17) is 4.42 Å². The van der Waals surface area contributed by atoms with Crippen LogP contribution in [-0.4, -0.2) is 4.98 Å². The van der Waals surface area contributed by atoms with Gasteiger partial charge in [0.1, 0.15) is 11.3 Å². The van der Waals surface area contributed by atoms with Gasteiger partial charge >= 0.3 is 0 Å². The van der Waals surface area contributed by atoms with Gasteiger partial charge in [-0.25, -0.2) is 0 Å². The Labute approximate surface area is 156 Å². The third-order valence-electron chi connectivity index (χ3n) is 4.24. The third kappa shape index (κ3) is 3.77. The molecule has 0 bridgehead atoms. The van der Waals surface area contributed by atoms with Crippen molar-refractivity contribution < 1.29 is 4.42 Å². The lowest BCUT2D eigenvalue weighted by Gasteiger charge is -2.02. The molecule has 3 aromatic carbocycles. The van der Waals surface area contributed by atoms with Crippen molar-refractivity contribution in [3.63, 3.8) is 0 Å². The summed E-state index contributed by atoms with van der Waals surface area (Å²) in [5, 5.41) is 3.06. The number of benzene rings is 3. The van der Waals surface area contributed by atoms with Gasteiger partial charge in [0.05, 0.1) is 5.39 Å². The monoisotopic (exact) mass is 351 g/mol. The van der Waals surface area contributed by atoms with Crippen molar-refractivity contribution >= 4 is 21.7 Å². The molecule has 5 rings (SSSR count). The van der Waals surface area contributed by atoms with Gasteiger partial charge in [-0.3, -0.25) is 9.78 Å². The smallest absolute Gasteiger partial charge is 0.193 e. The van der Waals surface area contributed by atoms with Crippen LogP contribution < -0.4 is 5.43 Å². The van der Waals surface area contributed by atoms with Gasteiger partial charge in [-0.15, -0.1) is 0 Å². The van der Waals surface area contributed by atoms with E-state index in [2.05, 4.69) is 17.1 Å². The van der Waals surface area contributed by atoms with Gasteiger partial charge in [-0.2, -0.15) is 0 Å². The molecular formula is C24H17NO2. The van der Waals surface area contributed by atoms with Gasteiger partial charge in [0.2, 0.25) is 0 Å². The van der Waals surface area contributed by atoms with E-state index in [9.17, 15) is 4.79 Å². The predicted molar refractivity (Wildman–Crippen MR) is 110 cm³/mol. The summed E-state index contributed by atoms with van der Waals surface area (Å²) in [7, 11) is 0. The number of para-hydroxylation sites is 1. The summed E-state index contributed by atoms with van der Waals surface area (Å²) in [6, 6.07) is 28.6. The van der Waals surface area contributed by atoms with Gasteiger partial charge < -0.3 is 4.42 Å². The standard InChI is InChI=1S/C15H10O2.C9H7N/c16-13-10-15(11-6-2-1-3-7-11)17-14-9-5-4-8-12(13)14;1-2-4-9-7-10-6-5-8(9)3-1/h1-10H;1-7H. The summed E-state index contributed by atoms with van der Waals surface area (Å²) in [5.74, 6) is 0.606. The molecule has 0 N–H and O–H groups in total. The van der Waals surface area contributed by atoms with Crippen LogP contribution in [0, 0.1) is 0 Å². The molecule has 0 fully saturated rings. The Bertz CT molecular complexity index is 1180. The van der Waals surface area contributed by atoms with Crippen molar-refractivity contribution in [1.29, 1.82) is 0 Å². The van der Waals surface area contributed by atoms with Crippen LogP contribution in [0.2, 0.25) is 0 Å². The molecule has 2 heterocycles. The maximum absolute atomic E-state index is 11.9. The van der Waals surface area contributed by atoms with E-state index in [0.29, 0.717) is 16.7 Å². The lowest BCUT2D eigenvalue weighted by molar-refractivity contribution is 0.619. The highest BCUT2D eigenvalue weighted by Crippen LogP contribution is 2.21. The molecule has 0 saturated carbocycles. The molecular weight excluding hydrogens is 334 g/mol. The number of rotatable bonds is 1. The number of aromatic nitrogens is 1. The summed E-state index contributed by atoms with van der Waals surface area (Å²) in [6.07, 6.45) is 3.68.